The average molecular weight is 312 g/mol. The lowest BCUT2D eigenvalue weighted by molar-refractivity contribution is 0.170. The van der Waals surface area contributed by atoms with Crippen molar-refractivity contribution < 1.29 is 5.11 Å². The molecule has 1 unspecified atom stereocenters. The largest absolute Gasteiger partial charge is 0.393 e. The van der Waals surface area contributed by atoms with E-state index in [1.165, 1.54) is 55.6 Å². The molecule has 0 aromatic rings. The summed E-state index contributed by atoms with van der Waals surface area (Å²) in [5, 5.41) is 9.75. The van der Waals surface area contributed by atoms with Crippen molar-refractivity contribution in [2.45, 2.75) is 70.8 Å². The maximum absolute atomic E-state index is 9.75. The normalized spacial score (nSPS) is 19.3. The second kappa shape index (κ2) is 12.3. The SMILES string of the molecule is CC=CC(=CCC(O)CCN)SCCCC1CCCCC1. The fourth-order valence-electron chi connectivity index (χ4n) is 2.94. The zero-order valence-electron chi connectivity index (χ0n) is 13.6. The van der Waals surface area contributed by atoms with Crippen molar-refractivity contribution in [2.75, 3.05) is 12.3 Å². The van der Waals surface area contributed by atoms with Crippen molar-refractivity contribution in [1.82, 2.24) is 0 Å². The third kappa shape index (κ3) is 9.38. The summed E-state index contributed by atoms with van der Waals surface area (Å²) in [4.78, 5) is 1.29. The maximum atomic E-state index is 9.75. The van der Waals surface area contributed by atoms with Gasteiger partial charge in [0.25, 0.3) is 0 Å². The highest BCUT2D eigenvalue weighted by Crippen LogP contribution is 2.29. The number of nitrogens with two attached hydrogens (primary N) is 1. The van der Waals surface area contributed by atoms with Crippen molar-refractivity contribution in [3.63, 3.8) is 0 Å². The highest BCUT2D eigenvalue weighted by Gasteiger charge is 2.12. The lowest BCUT2D eigenvalue weighted by Gasteiger charge is -2.21. The molecule has 1 fully saturated rings. The first-order valence-corrected chi connectivity index (χ1v) is 9.58. The van der Waals surface area contributed by atoms with Crippen molar-refractivity contribution >= 4 is 11.8 Å². The fraction of sp³-hybridized carbons (Fsp3) is 0.778. The Balaban J connectivity index is 2.21. The van der Waals surface area contributed by atoms with Gasteiger partial charge in [0, 0.05) is 4.91 Å². The number of thioether (sulfide) groups is 1. The lowest BCUT2D eigenvalue weighted by Crippen LogP contribution is -2.12. The summed E-state index contributed by atoms with van der Waals surface area (Å²) >= 11 is 1.93. The van der Waals surface area contributed by atoms with Crippen molar-refractivity contribution in [3.8, 4) is 0 Å². The number of aliphatic hydroxyl groups excluding tert-OH is 1. The molecule has 0 saturated heterocycles. The van der Waals surface area contributed by atoms with Gasteiger partial charge in [0.1, 0.15) is 0 Å². The minimum absolute atomic E-state index is 0.293. The van der Waals surface area contributed by atoms with Crippen LogP contribution in [0.1, 0.15) is 64.7 Å². The van der Waals surface area contributed by atoms with Crippen LogP contribution in [0.4, 0.5) is 0 Å². The van der Waals surface area contributed by atoms with E-state index in [0.29, 0.717) is 19.4 Å². The van der Waals surface area contributed by atoms with Crippen LogP contribution in [0.3, 0.4) is 0 Å². The third-order valence-electron chi connectivity index (χ3n) is 4.17. The van der Waals surface area contributed by atoms with Gasteiger partial charge in [-0.2, -0.15) is 0 Å². The molecule has 1 atom stereocenters. The predicted octanol–water partition coefficient (Wildman–Crippen LogP) is 4.64. The number of rotatable bonds is 10. The van der Waals surface area contributed by atoms with Crippen LogP contribution in [0.15, 0.2) is 23.1 Å². The molecule has 3 heteroatoms. The second-order valence-electron chi connectivity index (χ2n) is 6.07. The Labute approximate surface area is 135 Å². The van der Waals surface area contributed by atoms with Gasteiger partial charge in [0.15, 0.2) is 0 Å². The summed E-state index contributed by atoms with van der Waals surface area (Å²) in [5.74, 6) is 2.18. The van der Waals surface area contributed by atoms with Gasteiger partial charge in [0.05, 0.1) is 6.10 Å². The molecule has 0 bridgehead atoms. The van der Waals surface area contributed by atoms with E-state index < -0.39 is 0 Å². The molecule has 0 heterocycles. The van der Waals surface area contributed by atoms with Crippen LogP contribution in [-0.2, 0) is 0 Å². The minimum Gasteiger partial charge on any atom is -0.393 e. The number of aliphatic hydroxyl groups is 1. The van der Waals surface area contributed by atoms with E-state index in [1.54, 1.807) is 0 Å². The molecule has 1 aliphatic carbocycles. The van der Waals surface area contributed by atoms with E-state index in [9.17, 15) is 5.11 Å². The van der Waals surface area contributed by atoms with Crippen LogP contribution < -0.4 is 5.73 Å². The minimum atomic E-state index is -0.293. The second-order valence-corrected chi connectivity index (χ2v) is 7.24. The number of hydrogen-bond acceptors (Lipinski definition) is 3. The molecule has 21 heavy (non-hydrogen) atoms. The Morgan fingerprint density at radius 3 is 2.76 bits per heavy atom. The van der Waals surface area contributed by atoms with Gasteiger partial charge in [0.2, 0.25) is 0 Å². The molecule has 1 rings (SSSR count). The first-order chi connectivity index (χ1) is 10.3. The Kier molecular flexibility index (Phi) is 11.0. The molecule has 0 radical (unpaired) electrons. The average Bonchev–Trinajstić information content (AvgIpc) is 2.50. The summed E-state index contributed by atoms with van der Waals surface area (Å²) < 4.78 is 0. The predicted molar refractivity (Wildman–Crippen MR) is 95.5 cm³/mol. The van der Waals surface area contributed by atoms with Gasteiger partial charge >= 0.3 is 0 Å². The summed E-state index contributed by atoms with van der Waals surface area (Å²) in [6.45, 7) is 2.61. The Hall–Kier alpha value is -0.250. The monoisotopic (exact) mass is 311 g/mol. The molecule has 0 aromatic heterocycles. The van der Waals surface area contributed by atoms with Crippen LogP contribution >= 0.6 is 11.8 Å². The van der Waals surface area contributed by atoms with E-state index >= 15 is 0 Å². The summed E-state index contributed by atoms with van der Waals surface area (Å²) in [6, 6.07) is 0. The zero-order valence-corrected chi connectivity index (χ0v) is 14.4. The van der Waals surface area contributed by atoms with Crippen LogP contribution in [0.2, 0.25) is 0 Å². The Morgan fingerprint density at radius 2 is 2.10 bits per heavy atom. The lowest BCUT2D eigenvalue weighted by atomic mass is 9.86. The Bertz CT molecular complexity index is 308. The number of hydrogen-bond donors (Lipinski definition) is 2. The first kappa shape index (κ1) is 18.8. The first-order valence-electron chi connectivity index (χ1n) is 8.60. The third-order valence-corrected chi connectivity index (χ3v) is 5.30. The molecule has 1 aliphatic rings. The Morgan fingerprint density at radius 1 is 1.33 bits per heavy atom. The van der Waals surface area contributed by atoms with Crippen LogP contribution in [0, 0.1) is 5.92 Å². The molecule has 3 N–H and O–H groups in total. The topological polar surface area (TPSA) is 46.2 Å². The molecule has 0 aromatic carbocycles. The highest BCUT2D eigenvalue weighted by molar-refractivity contribution is 8.03. The molecular formula is C18H33NOS. The molecule has 0 aliphatic heterocycles. The molecule has 1 saturated carbocycles. The van der Waals surface area contributed by atoms with Crippen LogP contribution in [-0.4, -0.2) is 23.5 Å². The molecular weight excluding hydrogens is 278 g/mol. The van der Waals surface area contributed by atoms with Crippen LogP contribution in [0.5, 0.6) is 0 Å². The molecule has 0 amide bonds. The molecule has 2 nitrogen and oxygen atoms in total. The van der Waals surface area contributed by atoms with Gasteiger partial charge in [-0.05, 0) is 50.8 Å². The maximum Gasteiger partial charge on any atom is 0.0587 e. The summed E-state index contributed by atoms with van der Waals surface area (Å²) in [6.07, 6.45) is 17.5. The van der Waals surface area contributed by atoms with Crippen molar-refractivity contribution in [1.29, 1.82) is 0 Å². The standard InChI is InChI=1S/C18H33NOS/c1-2-7-18(12-11-17(20)13-14-19)21-15-6-10-16-8-4-3-5-9-16/h2,7,12,16-17,20H,3-6,8-11,13-15,19H2,1H3. The van der Waals surface area contributed by atoms with E-state index in [-0.39, 0.29) is 6.10 Å². The van der Waals surface area contributed by atoms with E-state index in [1.807, 2.05) is 18.7 Å². The summed E-state index contributed by atoms with van der Waals surface area (Å²) in [7, 11) is 0. The zero-order chi connectivity index (χ0) is 15.3. The van der Waals surface area contributed by atoms with Crippen molar-refractivity contribution in [3.05, 3.63) is 23.1 Å². The van der Waals surface area contributed by atoms with E-state index in [4.69, 9.17) is 5.73 Å². The fourth-order valence-corrected chi connectivity index (χ4v) is 3.93. The molecule has 0 spiro atoms. The van der Waals surface area contributed by atoms with E-state index in [0.717, 1.165) is 5.92 Å². The van der Waals surface area contributed by atoms with Gasteiger partial charge in [-0.25, -0.2) is 0 Å². The van der Waals surface area contributed by atoms with Gasteiger partial charge in [-0.15, -0.1) is 11.8 Å². The van der Waals surface area contributed by atoms with Crippen molar-refractivity contribution in [2.24, 2.45) is 11.7 Å². The van der Waals surface area contributed by atoms with Gasteiger partial charge < -0.3 is 10.8 Å². The molecule has 122 valence electrons. The summed E-state index contributed by atoms with van der Waals surface area (Å²) in [5.41, 5.74) is 5.46. The van der Waals surface area contributed by atoms with Gasteiger partial charge in [-0.1, -0.05) is 50.3 Å². The quantitative estimate of drug-likeness (QED) is 0.456. The number of allylic oxidation sites excluding steroid dienone is 2. The van der Waals surface area contributed by atoms with E-state index in [2.05, 4.69) is 18.2 Å². The van der Waals surface area contributed by atoms with Crippen LogP contribution in [0.25, 0.3) is 0 Å². The highest BCUT2D eigenvalue weighted by atomic mass is 32.2. The smallest absolute Gasteiger partial charge is 0.0587 e. The van der Waals surface area contributed by atoms with Gasteiger partial charge in [-0.3, -0.25) is 0 Å².